The number of carbonyl (C=O) groups excluding carboxylic acids is 5. The zero-order chi connectivity index (χ0) is 44.8. The number of piperidine rings is 1. The van der Waals surface area contributed by atoms with Crippen LogP contribution in [0.2, 0.25) is 5.02 Å². The number of nitrogens with one attached hydrogen (secondary N) is 2. The number of primary amides is 1. The predicted octanol–water partition coefficient (Wildman–Crippen LogP) is 3.27. The van der Waals surface area contributed by atoms with E-state index in [1.54, 1.807) is 25.2 Å². The van der Waals surface area contributed by atoms with Gasteiger partial charge in [0, 0.05) is 82.2 Å². The van der Waals surface area contributed by atoms with Crippen molar-refractivity contribution < 1.29 is 52.1 Å². The summed E-state index contributed by atoms with van der Waals surface area (Å²) in [4.78, 5) is 76.7. The molecule has 1 aromatic heterocycles. The van der Waals surface area contributed by atoms with Crippen molar-refractivity contribution in [3.8, 4) is 22.6 Å². The Morgan fingerprint density at radius 3 is 2.48 bits per heavy atom. The number of aromatic hydroxyl groups is 1. The zero-order valence-corrected chi connectivity index (χ0v) is 35.1. The number of ether oxygens (including phenoxy) is 3. The summed E-state index contributed by atoms with van der Waals surface area (Å²) in [5.74, 6) is -2.80. The summed E-state index contributed by atoms with van der Waals surface area (Å²) in [6.07, 6.45) is 0.502. The molecule has 18 nitrogen and oxygen atoms in total. The maximum absolute atomic E-state index is 16.4. The van der Waals surface area contributed by atoms with Gasteiger partial charge in [0.05, 0.1) is 37.0 Å². The number of carbonyl (C=O) groups is 5. The summed E-state index contributed by atoms with van der Waals surface area (Å²) >= 11 is 6.53. The first-order valence-corrected chi connectivity index (χ1v) is 20.7. The lowest BCUT2D eigenvalue weighted by Gasteiger charge is -2.35. The normalized spacial score (nSPS) is 16.3. The Labute approximate surface area is 365 Å². The average molecular weight is 894 g/mol. The summed E-state index contributed by atoms with van der Waals surface area (Å²) in [6, 6.07) is 8.84. The lowest BCUT2D eigenvalue weighted by molar-refractivity contribution is -0.137. The van der Waals surface area contributed by atoms with Crippen LogP contribution in [0.3, 0.4) is 0 Å². The highest BCUT2D eigenvalue weighted by Gasteiger charge is 2.39. The second kappa shape index (κ2) is 19.8. The lowest BCUT2D eigenvalue weighted by atomic mass is 10.0. The van der Waals surface area contributed by atoms with Crippen LogP contribution in [0.25, 0.3) is 22.0 Å². The third-order valence-electron chi connectivity index (χ3n) is 11.0. The number of amides is 6. The summed E-state index contributed by atoms with van der Waals surface area (Å²) in [5.41, 5.74) is 5.71. The number of nitrogens with two attached hydrogens (primary N) is 1. The van der Waals surface area contributed by atoms with Crippen LogP contribution >= 0.6 is 11.6 Å². The van der Waals surface area contributed by atoms with E-state index in [1.165, 1.54) is 32.9 Å². The molecule has 0 radical (unpaired) electrons. The number of anilines is 2. The van der Waals surface area contributed by atoms with Gasteiger partial charge in [-0.15, -0.1) is 0 Å². The molecule has 3 aliphatic heterocycles. The first kappa shape index (κ1) is 44.7. The van der Waals surface area contributed by atoms with Gasteiger partial charge >= 0.3 is 6.03 Å². The van der Waals surface area contributed by atoms with Crippen molar-refractivity contribution in [1.29, 1.82) is 0 Å². The molecule has 6 amide bonds. The van der Waals surface area contributed by atoms with Gasteiger partial charge in [-0.25, -0.2) is 18.6 Å². The summed E-state index contributed by atoms with van der Waals surface area (Å²) in [5, 5.41) is 15.8. The van der Waals surface area contributed by atoms with E-state index >= 15 is 4.39 Å². The average Bonchev–Trinajstić information content (AvgIpc) is 3.58. The molecule has 334 valence electrons. The van der Waals surface area contributed by atoms with E-state index in [-0.39, 0.29) is 124 Å². The number of hydrogen-bond donors (Lipinski definition) is 4. The van der Waals surface area contributed by atoms with Gasteiger partial charge in [-0.3, -0.25) is 24.5 Å². The zero-order valence-electron chi connectivity index (χ0n) is 34.3. The number of fused-ring (bicyclic) bond motifs is 2. The number of halogens is 3. The largest absolute Gasteiger partial charge is 0.507 e. The van der Waals surface area contributed by atoms with Crippen molar-refractivity contribution >= 4 is 63.9 Å². The molecule has 0 bridgehead atoms. The second-order valence-electron chi connectivity index (χ2n) is 15.0. The molecule has 7 rings (SSSR count). The maximum atomic E-state index is 16.4. The molecule has 3 aliphatic rings. The van der Waals surface area contributed by atoms with Crippen LogP contribution in [0.4, 0.5) is 25.3 Å². The van der Waals surface area contributed by atoms with Crippen molar-refractivity contribution in [2.45, 2.75) is 31.8 Å². The number of piperazine rings is 1. The Balaban J connectivity index is 0.852. The first-order chi connectivity index (χ1) is 30.3. The van der Waals surface area contributed by atoms with Crippen LogP contribution in [0.5, 0.6) is 11.5 Å². The summed E-state index contributed by atoms with van der Waals surface area (Å²) < 4.78 is 48.3. The highest BCUT2D eigenvalue weighted by molar-refractivity contribution is 6.34. The molecule has 1 unspecified atom stereocenters. The number of likely N-dealkylation sites (N-methyl/N-ethyl adjacent to an activating group) is 1. The van der Waals surface area contributed by atoms with E-state index in [0.717, 1.165) is 11.6 Å². The number of phenols is 1. The molecule has 0 aliphatic carbocycles. The summed E-state index contributed by atoms with van der Waals surface area (Å²) in [7, 11) is 1.63. The second-order valence-corrected chi connectivity index (χ2v) is 15.5. The van der Waals surface area contributed by atoms with E-state index < -0.39 is 40.9 Å². The van der Waals surface area contributed by atoms with Crippen LogP contribution in [0.1, 0.15) is 35.2 Å². The third kappa shape index (κ3) is 10.1. The van der Waals surface area contributed by atoms with Gasteiger partial charge in [0.25, 0.3) is 5.91 Å². The van der Waals surface area contributed by atoms with Crippen LogP contribution in [0.15, 0.2) is 42.5 Å². The fourth-order valence-electron chi connectivity index (χ4n) is 7.61. The Morgan fingerprint density at radius 2 is 1.75 bits per heavy atom. The SMILES string of the molecule is CN(CCOCCOCCOc1ccc2c(c1)CN(C1CCC(=O)NC1=O)C2=O)C(=O)CCNc1nc(N2CCN(C(N)=O)CC2)c2cc(Cl)c(-c3c(O)cccc3F)c(F)c2n1. The fraction of sp³-hybridized carbons (Fsp3) is 0.405. The van der Waals surface area contributed by atoms with Crippen molar-refractivity contribution in [2.75, 3.05) is 89.6 Å². The molecule has 5 N–H and O–H groups in total. The van der Waals surface area contributed by atoms with Crippen molar-refractivity contribution in [2.24, 2.45) is 5.73 Å². The number of urea groups is 1. The van der Waals surface area contributed by atoms with Crippen LogP contribution in [0, 0.1) is 11.6 Å². The fourth-order valence-corrected chi connectivity index (χ4v) is 7.89. The van der Waals surface area contributed by atoms with Crippen molar-refractivity contribution in [3.05, 3.63) is 70.2 Å². The molecule has 4 aromatic rings. The van der Waals surface area contributed by atoms with Gasteiger partial charge in [-0.1, -0.05) is 17.7 Å². The quantitative estimate of drug-likeness (QED) is 0.0885. The molecule has 0 saturated carbocycles. The Kier molecular flexibility index (Phi) is 14.0. The first-order valence-electron chi connectivity index (χ1n) is 20.3. The predicted molar refractivity (Wildman–Crippen MR) is 225 cm³/mol. The smallest absolute Gasteiger partial charge is 0.314 e. The number of nitrogens with zero attached hydrogens (tertiary/aromatic N) is 6. The van der Waals surface area contributed by atoms with Crippen molar-refractivity contribution in [1.82, 2.24) is 30.0 Å². The highest BCUT2D eigenvalue weighted by atomic mass is 35.5. The van der Waals surface area contributed by atoms with Crippen LogP contribution in [-0.2, 0) is 30.4 Å². The molecule has 63 heavy (non-hydrogen) atoms. The standard InChI is InChI=1S/C42H46ClF2N9O9/c1-51(15-16-61-17-18-62-19-20-63-25-5-6-26-24(21-25)23-54(40(26)59)30-7-8-32(56)48-39(30)58)33(57)9-10-47-42-49-37-27(38(50-42)52-11-13-53(14-12-52)41(46)60)22-28(43)34(36(37)45)35-29(44)3-2-4-31(35)55/h2-6,21-22,30,55H,7-20,23H2,1H3,(H2,46,60)(H,47,49,50)(H,48,56,58). The minimum Gasteiger partial charge on any atom is -0.507 e. The molecular formula is C42H46ClF2N9O9. The summed E-state index contributed by atoms with van der Waals surface area (Å²) in [6.45, 7) is 3.17. The number of phenolic OH excluding ortho intramolecular Hbond substituents is 1. The monoisotopic (exact) mass is 893 g/mol. The van der Waals surface area contributed by atoms with Gasteiger partial charge in [0.1, 0.15) is 41.3 Å². The number of benzene rings is 3. The maximum Gasteiger partial charge on any atom is 0.314 e. The Hall–Kier alpha value is -6.38. The topological polar surface area (TPSA) is 222 Å². The molecule has 0 spiro atoms. The van der Waals surface area contributed by atoms with E-state index in [4.69, 9.17) is 31.5 Å². The van der Waals surface area contributed by atoms with Gasteiger partial charge in [0.2, 0.25) is 23.7 Å². The number of aromatic nitrogens is 2. The van der Waals surface area contributed by atoms with E-state index in [2.05, 4.69) is 20.6 Å². The van der Waals surface area contributed by atoms with E-state index in [0.29, 0.717) is 36.8 Å². The minimum absolute atomic E-state index is 0.00826. The Bertz CT molecular complexity index is 2400. The number of imide groups is 1. The van der Waals surface area contributed by atoms with Gasteiger partial charge in [0.15, 0.2) is 5.82 Å². The van der Waals surface area contributed by atoms with Gasteiger partial charge in [-0.2, -0.15) is 4.98 Å². The van der Waals surface area contributed by atoms with E-state index in [1.807, 2.05) is 4.90 Å². The number of hydrogen-bond acceptors (Lipinski definition) is 13. The number of rotatable bonds is 17. The molecule has 2 saturated heterocycles. The van der Waals surface area contributed by atoms with Crippen LogP contribution < -0.4 is 26.0 Å². The van der Waals surface area contributed by atoms with Gasteiger partial charge < -0.3 is 50.0 Å². The van der Waals surface area contributed by atoms with Gasteiger partial charge in [-0.05, 0) is 48.4 Å². The molecule has 1 atom stereocenters. The Morgan fingerprint density at radius 1 is 1.00 bits per heavy atom. The molecule has 2 fully saturated rings. The molecule has 3 aromatic carbocycles. The molecule has 4 heterocycles. The van der Waals surface area contributed by atoms with Crippen molar-refractivity contribution in [3.63, 3.8) is 0 Å². The molecule has 21 heteroatoms. The highest BCUT2D eigenvalue weighted by Crippen LogP contribution is 2.42. The van der Waals surface area contributed by atoms with Crippen LogP contribution in [-0.4, -0.2) is 145 Å². The minimum atomic E-state index is -0.979. The third-order valence-corrected chi connectivity index (χ3v) is 11.3. The molecular weight excluding hydrogens is 848 g/mol. The lowest BCUT2D eigenvalue weighted by Crippen LogP contribution is -2.52. The van der Waals surface area contributed by atoms with E-state index in [9.17, 15) is 33.5 Å².